The Kier molecular flexibility index (Phi) is 5.73. The van der Waals surface area contributed by atoms with Gasteiger partial charge in [-0.15, -0.1) is 0 Å². The standard InChI is InChI=1S/C23H24F3N3O5/c1-21-11-28(8-4-3-5-16(30)31)12-22(2,34-21)18-17(21)19(32)29(20(18)33)14-7-6-13(10-27)15(9-14)23(24,25)26/h6-7,9,17-18H,3-5,8,11-12H2,1-2H3,(H,30,31)/t17-,18+,21+,22-. The molecular weight excluding hydrogens is 455 g/mol. The van der Waals surface area contributed by atoms with Gasteiger partial charge >= 0.3 is 12.1 Å². The van der Waals surface area contributed by atoms with Crippen LogP contribution in [0, 0.1) is 23.2 Å². The molecule has 182 valence electrons. The molecule has 3 fully saturated rings. The molecule has 3 aliphatic rings. The molecule has 0 aliphatic carbocycles. The van der Waals surface area contributed by atoms with Gasteiger partial charge in [-0.2, -0.15) is 18.4 Å². The van der Waals surface area contributed by atoms with Crippen LogP contribution in [0.25, 0.3) is 0 Å². The average Bonchev–Trinajstić information content (AvgIpc) is 3.10. The van der Waals surface area contributed by atoms with Crippen molar-refractivity contribution in [3.05, 3.63) is 29.3 Å². The Morgan fingerprint density at radius 2 is 1.76 bits per heavy atom. The maximum absolute atomic E-state index is 13.5. The number of carbonyl (C=O) groups is 3. The fourth-order valence-electron chi connectivity index (χ4n) is 5.79. The molecule has 0 unspecified atom stereocenters. The number of nitrogens with zero attached hydrogens (tertiary/aromatic N) is 3. The number of unbranched alkanes of at least 4 members (excludes halogenated alkanes) is 1. The summed E-state index contributed by atoms with van der Waals surface area (Å²) in [5, 5.41) is 17.8. The summed E-state index contributed by atoms with van der Waals surface area (Å²) in [6.07, 6.45) is -3.63. The number of amides is 2. The molecular formula is C23H24F3N3O5. The first-order valence-corrected chi connectivity index (χ1v) is 10.9. The van der Waals surface area contributed by atoms with E-state index in [9.17, 15) is 27.6 Å². The smallest absolute Gasteiger partial charge is 0.417 e. The first-order chi connectivity index (χ1) is 15.8. The molecule has 1 N–H and O–H groups in total. The molecule has 4 atom stereocenters. The Hall–Kier alpha value is -2.97. The third-order valence-electron chi connectivity index (χ3n) is 6.97. The molecule has 1 aromatic rings. The Labute approximate surface area is 193 Å². The van der Waals surface area contributed by atoms with Crippen molar-refractivity contribution in [2.45, 2.75) is 50.5 Å². The number of hydrogen-bond acceptors (Lipinski definition) is 6. The summed E-state index contributed by atoms with van der Waals surface area (Å²) < 4.78 is 46.6. The summed E-state index contributed by atoms with van der Waals surface area (Å²) in [6, 6.07) is 4.31. The molecule has 34 heavy (non-hydrogen) atoms. The van der Waals surface area contributed by atoms with Crippen molar-refractivity contribution in [2.24, 2.45) is 11.8 Å². The molecule has 0 radical (unpaired) electrons. The molecule has 0 aromatic heterocycles. The monoisotopic (exact) mass is 479 g/mol. The molecule has 11 heteroatoms. The number of alkyl halides is 3. The Balaban J connectivity index is 1.61. The van der Waals surface area contributed by atoms with Gasteiger partial charge in [-0.05, 0) is 51.4 Å². The topological polar surface area (TPSA) is 111 Å². The van der Waals surface area contributed by atoms with Crippen molar-refractivity contribution in [3.8, 4) is 6.07 Å². The van der Waals surface area contributed by atoms with Gasteiger partial charge in [0.2, 0.25) is 11.8 Å². The highest BCUT2D eigenvalue weighted by molar-refractivity contribution is 6.23. The van der Waals surface area contributed by atoms with Gasteiger partial charge in [-0.3, -0.25) is 19.3 Å². The van der Waals surface area contributed by atoms with Crippen LogP contribution in [0.2, 0.25) is 0 Å². The summed E-state index contributed by atoms with van der Waals surface area (Å²) in [5.41, 5.74) is -4.05. The largest absolute Gasteiger partial charge is 0.481 e. The average molecular weight is 479 g/mol. The number of rotatable bonds is 6. The van der Waals surface area contributed by atoms with Gasteiger partial charge in [0.25, 0.3) is 0 Å². The van der Waals surface area contributed by atoms with Gasteiger partial charge in [0, 0.05) is 19.5 Å². The summed E-state index contributed by atoms with van der Waals surface area (Å²) in [7, 11) is 0. The van der Waals surface area contributed by atoms with E-state index in [1.165, 1.54) is 12.1 Å². The summed E-state index contributed by atoms with van der Waals surface area (Å²) >= 11 is 0. The molecule has 8 nitrogen and oxygen atoms in total. The van der Waals surface area contributed by atoms with Crippen molar-refractivity contribution >= 4 is 23.5 Å². The van der Waals surface area contributed by atoms with Gasteiger partial charge in [0.1, 0.15) is 0 Å². The van der Waals surface area contributed by atoms with Crippen LogP contribution in [0.1, 0.15) is 44.2 Å². The molecule has 3 heterocycles. The minimum Gasteiger partial charge on any atom is -0.481 e. The molecule has 4 rings (SSSR count). The number of fused-ring (bicyclic) bond motifs is 5. The third kappa shape index (κ3) is 3.84. The maximum Gasteiger partial charge on any atom is 0.417 e. The fourth-order valence-corrected chi connectivity index (χ4v) is 5.79. The van der Waals surface area contributed by atoms with Gasteiger partial charge < -0.3 is 9.84 Å². The zero-order chi connectivity index (χ0) is 25.1. The van der Waals surface area contributed by atoms with Crippen LogP contribution >= 0.6 is 0 Å². The number of likely N-dealkylation sites (tertiary alicyclic amines) is 1. The van der Waals surface area contributed by atoms with Crippen LogP contribution < -0.4 is 4.90 Å². The van der Waals surface area contributed by atoms with E-state index in [0.717, 1.165) is 11.0 Å². The first kappa shape index (κ1) is 24.2. The lowest BCUT2D eigenvalue weighted by Gasteiger charge is -2.45. The predicted octanol–water partition coefficient (Wildman–Crippen LogP) is 2.80. The quantitative estimate of drug-likeness (QED) is 0.493. The number of aliphatic carboxylic acids is 1. The van der Waals surface area contributed by atoms with E-state index in [2.05, 4.69) is 4.90 Å². The molecule has 0 saturated carbocycles. The summed E-state index contributed by atoms with van der Waals surface area (Å²) in [6.45, 7) is 4.72. The SMILES string of the molecule is C[C@]12CN(CCCCC(=O)O)C[C@](C)(O1)[C@H]1C(=O)N(c3ccc(C#N)c(C(F)(F)F)c3)C(=O)[C@H]12. The number of benzene rings is 1. The zero-order valence-electron chi connectivity index (χ0n) is 18.7. The number of carboxylic acid groups (broad SMARTS) is 1. The van der Waals surface area contributed by atoms with Crippen molar-refractivity contribution in [3.63, 3.8) is 0 Å². The number of carbonyl (C=O) groups excluding carboxylic acids is 2. The van der Waals surface area contributed by atoms with E-state index in [4.69, 9.17) is 15.1 Å². The van der Waals surface area contributed by atoms with Crippen molar-refractivity contribution in [1.29, 1.82) is 5.26 Å². The second-order valence-electron chi connectivity index (χ2n) is 9.60. The van der Waals surface area contributed by atoms with Crippen LogP contribution in [0.3, 0.4) is 0 Å². The van der Waals surface area contributed by atoms with Gasteiger partial charge in [0.05, 0.1) is 45.9 Å². The Morgan fingerprint density at radius 3 is 2.26 bits per heavy atom. The maximum atomic E-state index is 13.5. The lowest BCUT2D eigenvalue weighted by molar-refractivity contribution is -0.169. The highest BCUT2D eigenvalue weighted by Gasteiger charge is 2.71. The fraction of sp³-hybridized carbons (Fsp3) is 0.565. The lowest BCUT2D eigenvalue weighted by atomic mass is 9.79. The van der Waals surface area contributed by atoms with E-state index in [1.807, 2.05) is 0 Å². The van der Waals surface area contributed by atoms with Crippen molar-refractivity contribution in [2.75, 3.05) is 24.5 Å². The molecule has 1 aromatic carbocycles. The highest BCUT2D eigenvalue weighted by atomic mass is 19.4. The summed E-state index contributed by atoms with van der Waals surface area (Å²) in [4.78, 5) is 40.5. The highest BCUT2D eigenvalue weighted by Crippen LogP contribution is 2.55. The zero-order valence-corrected chi connectivity index (χ0v) is 18.7. The third-order valence-corrected chi connectivity index (χ3v) is 6.97. The summed E-state index contributed by atoms with van der Waals surface area (Å²) in [5.74, 6) is -3.83. The van der Waals surface area contributed by atoms with Crippen LogP contribution in [0.15, 0.2) is 18.2 Å². The van der Waals surface area contributed by atoms with E-state index < -0.39 is 58.1 Å². The predicted molar refractivity (Wildman–Crippen MR) is 111 cm³/mol. The van der Waals surface area contributed by atoms with Crippen LogP contribution in [-0.2, 0) is 25.3 Å². The molecule has 2 amide bonds. The van der Waals surface area contributed by atoms with Crippen LogP contribution in [0.4, 0.5) is 18.9 Å². The number of nitriles is 1. The second kappa shape index (κ2) is 8.06. The normalized spacial score (nSPS) is 31.0. The molecule has 3 saturated heterocycles. The minimum absolute atomic E-state index is 0.0561. The van der Waals surface area contributed by atoms with E-state index in [-0.39, 0.29) is 12.1 Å². The van der Waals surface area contributed by atoms with Crippen molar-refractivity contribution in [1.82, 2.24) is 4.90 Å². The van der Waals surface area contributed by atoms with E-state index in [0.29, 0.717) is 38.5 Å². The van der Waals surface area contributed by atoms with Crippen molar-refractivity contribution < 1.29 is 37.4 Å². The molecule has 0 spiro atoms. The number of carboxylic acids is 1. The number of imide groups is 1. The molecule has 3 aliphatic heterocycles. The number of halogens is 3. The number of hydrogen-bond donors (Lipinski definition) is 1. The number of morpholine rings is 1. The second-order valence-corrected chi connectivity index (χ2v) is 9.60. The van der Waals surface area contributed by atoms with Crippen LogP contribution in [-0.4, -0.2) is 58.6 Å². The minimum atomic E-state index is -4.82. The van der Waals surface area contributed by atoms with Gasteiger partial charge in [-0.25, -0.2) is 4.90 Å². The van der Waals surface area contributed by atoms with Crippen LogP contribution in [0.5, 0.6) is 0 Å². The number of ether oxygens (including phenoxy) is 1. The van der Waals surface area contributed by atoms with E-state index >= 15 is 0 Å². The Bertz CT molecular complexity index is 1060. The van der Waals surface area contributed by atoms with E-state index in [1.54, 1.807) is 13.8 Å². The van der Waals surface area contributed by atoms with Gasteiger partial charge in [-0.1, -0.05) is 0 Å². The van der Waals surface area contributed by atoms with Gasteiger partial charge in [0.15, 0.2) is 0 Å². The first-order valence-electron chi connectivity index (χ1n) is 10.9. The lowest BCUT2D eigenvalue weighted by Crippen LogP contribution is -2.58. The number of anilines is 1. The molecule has 2 bridgehead atoms. The Morgan fingerprint density at radius 1 is 1.18 bits per heavy atom.